The van der Waals surface area contributed by atoms with Gasteiger partial charge in [-0.3, -0.25) is 4.79 Å². The van der Waals surface area contributed by atoms with Gasteiger partial charge in [-0.1, -0.05) is 0 Å². The molecule has 0 amide bonds. The van der Waals surface area contributed by atoms with Gasteiger partial charge in [0.25, 0.3) is 0 Å². The third-order valence-corrected chi connectivity index (χ3v) is 2.52. The molecule has 0 unspecified atom stereocenters. The molecule has 0 spiro atoms. The standard InChI is InChI=1S/C14H13F3N2O3/c1-9(2)21-13-10(8-20)7-19(18-13)11-3-5-12(6-4-11)22-14(15,16)17/h3-9H,1-2H3. The van der Waals surface area contributed by atoms with Crippen molar-refractivity contribution in [3.05, 3.63) is 36.0 Å². The van der Waals surface area contributed by atoms with Crippen LogP contribution in [0.1, 0.15) is 24.2 Å². The van der Waals surface area contributed by atoms with Gasteiger partial charge in [0.2, 0.25) is 5.88 Å². The van der Waals surface area contributed by atoms with Gasteiger partial charge in [0.15, 0.2) is 6.29 Å². The van der Waals surface area contributed by atoms with E-state index in [0.29, 0.717) is 12.0 Å². The molecule has 0 aliphatic carbocycles. The number of aldehydes is 1. The molecule has 0 atom stereocenters. The Morgan fingerprint density at radius 3 is 2.36 bits per heavy atom. The lowest BCUT2D eigenvalue weighted by atomic mass is 10.3. The lowest BCUT2D eigenvalue weighted by molar-refractivity contribution is -0.274. The van der Waals surface area contributed by atoms with E-state index in [4.69, 9.17) is 4.74 Å². The van der Waals surface area contributed by atoms with Crippen LogP contribution in [0, 0.1) is 0 Å². The van der Waals surface area contributed by atoms with Crippen molar-refractivity contribution in [2.24, 2.45) is 0 Å². The molecule has 22 heavy (non-hydrogen) atoms. The molecule has 0 N–H and O–H groups in total. The Bertz CT molecular complexity index is 648. The first kappa shape index (κ1) is 15.9. The zero-order valence-electron chi connectivity index (χ0n) is 11.8. The number of alkyl halides is 3. The summed E-state index contributed by atoms with van der Waals surface area (Å²) in [7, 11) is 0. The van der Waals surface area contributed by atoms with Gasteiger partial charge in [0.05, 0.1) is 17.4 Å². The molecule has 0 fully saturated rings. The number of benzene rings is 1. The number of nitrogens with zero attached hydrogens (tertiary/aromatic N) is 2. The van der Waals surface area contributed by atoms with Crippen molar-refractivity contribution in [3.8, 4) is 17.3 Å². The van der Waals surface area contributed by atoms with Crippen LogP contribution in [0.5, 0.6) is 11.6 Å². The predicted octanol–water partition coefficient (Wildman–Crippen LogP) is 3.37. The summed E-state index contributed by atoms with van der Waals surface area (Å²) in [6, 6.07) is 5.10. The van der Waals surface area contributed by atoms with Crippen molar-refractivity contribution < 1.29 is 27.4 Å². The molecule has 0 aliphatic rings. The second-order valence-corrected chi connectivity index (χ2v) is 4.66. The van der Waals surface area contributed by atoms with Gasteiger partial charge >= 0.3 is 6.36 Å². The summed E-state index contributed by atoms with van der Waals surface area (Å²) in [5, 5.41) is 4.10. The molecule has 5 nitrogen and oxygen atoms in total. The second-order valence-electron chi connectivity index (χ2n) is 4.66. The Morgan fingerprint density at radius 1 is 1.23 bits per heavy atom. The quantitative estimate of drug-likeness (QED) is 0.794. The fourth-order valence-electron chi connectivity index (χ4n) is 1.70. The van der Waals surface area contributed by atoms with Crippen molar-refractivity contribution in [3.63, 3.8) is 0 Å². The van der Waals surface area contributed by atoms with E-state index in [1.165, 1.54) is 23.0 Å². The van der Waals surface area contributed by atoms with Crippen LogP contribution in [0.2, 0.25) is 0 Å². The highest BCUT2D eigenvalue weighted by Gasteiger charge is 2.31. The number of ether oxygens (including phenoxy) is 2. The van der Waals surface area contributed by atoms with E-state index in [1.54, 1.807) is 13.8 Å². The Balaban J connectivity index is 2.24. The largest absolute Gasteiger partial charge is 0.573 e. The average Bonchev–Trinajstić information content (AvgIpc) is 2.80. The molecule has 0 aliphatic heterocycles. The normalized spacial score (nSPS) is 11.5. The Morgan fingerprint density at radius 2 is 1.86 bits per heavy atom. The molecule has 0 saturated carbocycles. The number of halogens is 3. The van der Waals surface area contributed by atoms with Gasteiger partial charge in [-0.05, 0) is 38.1 Å². The van der Waals surface area contributed by atoms with Crippen LogP contribution >= 0.6 is 0 Å². The van der Waals surface area contributed by atoms with Gasteiger partial charge in [0.1, 0.15) is 5.75 Å². The minimum Gasteiger partial charge on any atom is -0.473 e. The number of hydrogen-bond acceptors (Lipinski definition) is 4. The molecule has 1 aromatic carbocycles. The number of rotatable bonds is 5. The molecule has 2 aromatic rings. The first-order valence-corrected chi connectivity index (χ1v) is 6.36. The fraction of sp³-hybridized carbons (Fsp3) is 0.286. The Hall–Kier alpha value is -2.51. The van der Waals surface area contributed by atoms with Gasteiger partial charge < -0.3 is 9.47 Å². The number of carbonyl (C=O) groups is 1. The van der Waals surface area contributed by atoms with E-state index in [9.17, 15) is 18.0 Å². The lowest BCUT2D eigenvalue weighted by Crippen LogP contribution is -2.17. The average molecular weight is 314 g/mol. The minimum atomic E-state index is -4.74. The van der Waals surface area contributed by atoms with Crippen LogP contribution in [0.3, 0.4) is 0 Å². The van der Waals surface area contributed by atoms with E-state index >= 15 is 0 Å². The molecule has 2 rings (SSSR count). The first-order valence-electron chi connectivity index (χ1n) is 6.36. The molecule has 0 bridgehead atoms. The van der Waals surface area contributed by atoms with Crippen molar-refractivity contribution in [2.45, 2.75) is 26.3 Å². The maximum absolute atomic E-state index is 12.1. The molecule has 0 radical (unpaired) electrons. The van der Waals surface area contributed by atoms with Gasteiger partial charge in [-0.15, -0.1) is 18.3 Å². The molecule has 1 aromatic heterocycles. The summed E-state index contributed by atoms with van der Waals surface area (Å²) >= 11 is 0. The van der Waals surface area contributed by atoms with Crippen LogP contribution in [0.25, 0.3) is 5.69 Å². The topological polar surface area (TPSA) is 53.4 Å². The van der Waals surface area contributed by atoms with Crippen LogP contribution in [-0.4, -0.2) is 28.5 Å². The highest BCUT2D eigenvalue weighted by atomic mass is 19.4. The summed E-state index contributed by atoms with van der Waals surface area (Å²) < 4.78 is 46.8. The third kappa shape index (κ3) is 4.00. The van der Waals surface area contributed by atoms with Gasteiger partial charge in [-0.2, -0.15) is 0 Å². The van der Waals surface area contributed by atoms with E-state index in [0.717, 1.165) is 12.1 Å². The molecule has 118 valence electrons. The lowest BCUT2D eigenvalue weighted by Gasteiger charge is -2.09. The van der Waals surface area contributed by atoms with Crippen molar-refractivity contribution >= 4 is 6.29 Å². The maximum Gasteiger partial charge on any atom is 0.573 e. The maximum atomic E-state index is 12.1. The zero-order valence-corrected chi connectivity index (χ0v) is 11.8. The fourth-order valence-corrected chi connectivity index (χ4v) is 1.70. The summed E-state index contributed by atoms with van der Waals surface area (Å²) in [5.41, 5.74) is 0.723. The predicted molar refractivity (Wildman–Crippen MR) is 71.4 cm³/mol. The molecular weight excluding hydrogens is 301 g/mol. The van der Waals surface area contributed by atoms with E-state index < -0.39 is 6.36 Å². The molecule has 1 heterocycles. The number of carbonyl (C=O) groups excluding carboxylic acids is 1. The summed E-state index contributed by atoms with van der Waals surface area (Å²) in [6.07, 6.45) is -2.87. The molecular formula is C14H13F3N2O3. The monoisotopic (exact) mass is 314 g/mol. The summed E-state index contributed by atoms with van der Waals surface area (Å²) in [5.74, 6) is -0.168. The van der Waals surface area contributed by atoms with Crippen LogP contribution in [-0.2, 0) is 0 Å². The van der Waals surface area contributed by atoms with Crippen molar-refractivity contribution in [1.29, 1.82) is 0 Å². The third-order valence-electron chi connectivity index (χ3n) is 2.52. The van der Waals surface area contributed by atoms with Crippen molar-refractivity contribution in [1.82, 2.24) is 9.78 Å². The molecule has 8 heteroatoms. The van der Waals surface area contributed by atoms with Crippen LogP contribution in [0.4, 0.5) is 13.2 Å². The van der Waals surface area contributed by atoms with E-state index in [-0.39, 0.29) is 23.3 Å². The van der Waals surface area contributed by atoms with E-state index in [2.05, 4.69) is 9.84 Å². The first-order chi connectivity index (χ1) is 10.3. The highest BCUT2D eigenvalue weighted by molar-refractivity contribution is 5.78. The molecule has 0 saturated heterocycles. The van der Waals surface area contributed by atoms with Gasteiger partial charge in [0, 0.05) is 6.20 Å². The minimum absolute atomic E-state index is 0.162. The second kappa shape index (κ2) is 6.08. The number of aromatic nitrogens is 2. The number of hydrogen-bond donors (Lipinski definition) is 0. The Kier molecular flexibility index (Phi) is 4.39. The zero-order chi connectivity index (χ0) is 16.3. The Labute approximate surface area is 124 Å². The van der Waals surface area contributed by atoms with E-state index in [1.807, 2.05) is 0 Å². The van der Waals surface area contributed by atoms with Crippen molar-refractivity contribution in [2.75, 3.05) is 0 Å². The smallest absolute Gasteiger partial charge is 0.473 e. The van der Waals surface area contributed by atoms with Crippen LogP contribution in [0.15, 0.2) is 30.5 Å². The summed E-state index contributed by atoms with van der Waals surface area (Å²) in [4.78, 5) is 11.0. The SMILES string of the molecule is CC(C)Oc1nn(-c2ccc(OC(F)(F)F)cc2)cc1C=O. The highest BCUT2D eigenvalue weighted by Crippen LogP contribution is 2.24. The summed E-state index contributed by atoms with van der Waals surface area (Å²) in [6.45, 7) is 3.58. The van der Waals surface area contributed by atoms with Crippen LogP contribution < -0.4 is 9.47 Å². The van der Waals surface area contributed by atoms with Gasteiger partial charge in [-0.25, -0.2) is 4.68 Å².